The van der Waals surface area contributed by atoms with Gasteiger partial charge in [0.2, 0.25) is 0 Å². The van der Waals surface area contributed by atoms with Gasteiger partial charge >= 0.3 is 5.97 Å². The summed E-state index contributed by atoms with van der Waals surface area (Å²) >= 11 is 0. The van der Waals surface area contributed by atoms with Crippen molar-refractivity contribution in [1.82, 2.24) is 0 Å². The van der Waals surface area contributed by atoms with Crippen LogP contribution in [0.15, 0.2) is 30.3 Å². The first-order chi connectivity index (χ1) is 10.5. The summed E-state index contributed by atoms with van der Waals surface area (Å²) in [4.78, 5) is 11.2. The first kappa shape index (κ1) is 17.0. The van der Waals surface area contributed by atoms with Crippen molar-refractivity contribution < 1.29 is 19.0 Å². The third kappa shape index (κ3) is 3.71. The van der Waals surface area contributed by atoms with E-state index in [0.29, 0.717) is 13.2 Å². The van der Waals surface area contributed by atoms with E-state index < -0.39 is 17.7 Å². The smallest absolute Gasteiger partial charge is 0.302 e. The van der Waals surface area contributed by atoms with Crippen LogP contribution in [0.4, 0.5) is 0 Å². The zero-order chi connectivity index (χ0) is 16.2. The summed E-state index contributed by atoms with van der Waals surface area (Å²) in [6.07, 6.45) is 0.312. The molecule has 0 saturated carbocycles. The van der Waals surface area contributed by atoms with Crippen LogP contribution in [-0.4, -0.2) is 38.1 Å². The van der Waals surface area contributed by atoms with Crippen LogP contribution < -0.4 is 0 Å². The van der Waals surface area contributed by atoms with Crippen LogP contribution in [0.3, 0.4) is 0 Å². The van der Waals surface area contributed by atoms with Crippen LogP contribution >= 0.6 is 0 Å². The Kier molecular flexibility index (Phi) is 5.65. The maximum Gasteiger partial charge on any atom is 0.302 e. The molecule has 2 radical (unpaired) electrons. The molecule has 1 aromatic rings. The second kappa shape index (κ2) is 7.29. The fourth-order valence-electron chi connectivity index (χ4n) is 2.98. The Hall–Kier alpha value is -1.33. The highest BCUT2D eigenvalue weighted by Crippen LogP contribution is 2.40. The normalized spacial score (nSPS) is 31.1. The van der Waals surface area contributed by atoms with Gasteiger partial charge in [0.05, 0.1) is 24.8 Å². The SMILES string of the molecule is [B][C@@H]1O[C@](CC)(COCc2ccccc2)[C@@H](C)[C@H]1OC(C)=O. The fraction of sp³-hybridized carbons (Fsp3) is 0.588. The van der Waals surface area contributed by atoms with Crippen LogP contribution in [-0.2, 0) is 25.6 Å². The van der Waals surface area contributed by atoms with Gasteiger partial charge in [-0.05, 0) is 12.0 Å². The molecule has 22 heavy (non-hydrogen) atoms. The lowest BCUT2D eigenvalue weighted by atomic mass is 9.81. The van der Waals surface area contributed by atoms with Crippen molar-refractivity contribution in [3.05, 3.63) is 35.9 Å². The van der Waals surface area contributed by atoms with Gasteiger partial charge in [0.15, 0.2) is 0 Å². The number of carbonyl (C=O) groups is 1. The highest BCUT2D eigenvalue weighted by molar-refractivity contribution is 6.11. The molecule has 4 nitrogen and oxygen atoms in total. The summed E-state index contributed by atoms with van der Waals surface area (Å²) in [5, 5.41) is 0. The van der Waals surface area contributed by atoms with Crippen LogP contribution in [0.2, 0.25) is 0 Å². The Morgan fingerprint density at radius 2 is 2.05 bits per heavy atom. The van der Waals surface area contributed by atoms with E-state index in [1.807, 2.05) is 44.2 Å². The average molecular weight is 302 g/mol. The lowest BCUT2D eigenvalue weighted by Gasteiger charge is -2.32. The van der Waals surface area contributed by atoms with Crippen molar-refractivity contribution in [2.75, 3.05) is 6.61 Å². The minimum absolute atomic E-state index is 0.0211. The summed E-state index contributed by atoms with van der Waals surface area (Å²) in [5.41, 5.74) is 0.592. The second-order valence-corrected chi connectivity index (χ2v) is 5.84. The highest BCUT2D eigenvalue weighted by Gasteiger charge is 2.51. The monoisotopic (exact) mass is 302 g/mol. The fourth-order valence-corrected chi connectivity index (χ4v) is 2.98. The number of hydrogen-bond acceptors (Lipinski definition) is 4. The summed E-state index contributed by atoms with van der Waals surface area (Å²) in [5.74, 6) is -0.361. The molecule has 1 aliphatic rings. The molecule has 1 fully saturated rings. The van der Waals surface area contributed by atoms with Crippen molar-refractivity contribution in [3.63, 3.8) is 0 Å². The molecule has 0 spiro atoms. The quantitative estimate of drug-likeness (QED) is 0.598. The van der Waals surface area contributed by atoms with E-state index >= 15 is 0 Å². The molecule has 1 aromatic carbocycles. The average Bonchev–Trinajstić information content (AvgIpc) is 2.73. The van der Waals surface area contributed by atoms with Crippen LogP contribution in [0, 0.1) is 5.92 Å². The minimum Gasteiger partial charge on any atom is -0.460 e. The van der Waals surface area contributed by atoms with Gasteiger partial charge in [0.25, 0.3) is 0 Å². The van der Waals surface area contributed by atoms with E-state index in [0.717, 1.165) is 12.0 Å². The van der Waals surface area contributed by atoms with Gasteiger partial charge in [0, 0.05) is 12.8 Å². The first-order valence-electron chi connectivity index (χ1n) is 7.71. The molecule has 5 heteroatoms. The highest BCUT2D eigenvalue weighted by atomic mass is 16.6. The Bertz CT molecular complexity index is 493. The third-order valence-electron chi connectivity index (χ3n) is 4.38. The summed E-state index contributed by atoms with van der Waals surface area (Å²) in [7, 11) is 6.00. The largest absolute Gasteiger partial charge is 0.460 e. The number of benzene rings is 1. The molecule has 0 bridgehead atoms. The van der Waals surface area contributed by atoms with Crippen molar-refractivity contribution in [3.8, 4) is 0 Å². The standard InChI is InChI=1S/C17H23BO4/c1-4-17(11-20-10-14-8-6-5-7-9-14)12(2)15(16(18)22-17)21-13(3)19/h5-9,12,15-16H,4,10-11H2,1-3H3/t12-,15+,16+,17+/m0/s1. The Morgan fingerprint density at radius 3 is 2.64 bits per heavy atom. The van der Waals surface area contributed by atoms with Gasteiger partial charge in [-0.2, -0.15) is 0 Å². The Balaban J connectivity index is 1.98. The third-order valence-corrected chi connectivity index (χ3v) is 4.38. The van der Waals surface area contributed by atoms with Gasteiger partial charge in [-0.3, -0.25) is 4.79 Å². The Morgan fingerprint density at radius 1 is 1.36 bits per heavy atom. The van der Waals surface area contributed by atoms with Crippen molar-refractivity contribution in [2.24, 2.45) is 5.92 Å². The maximum atomic E-state index is 11.2. The number of esters is 1. The van der Waals surface area contributed by atoms with Gasteiger partial charge in [0.1, 0.15) is 14.0 Å². The molecule has 1 heterocycles. The molecule has 0 amide bonds. The lowest BCUT2D eigenvalue weighted by Crippen LogP contribution is -2.41. The minimum atomic E-state index is -0.612. The molecule has 118 valence electrons. The number of ether oxygens (including phenoxy) is 3. The van der Waals surface area contributed by atoms with E-state index in [2.05, 4.69) is 0 Å². The topological polar surface area (TPSA) is 44.8 Å². The molecule has 1 saturated heterocycles. The summed E-state index contributed by atoms with van der Waals surface area (Å²) in [6.45, 7) is 6.36. The molecular formula is C17H23BO4. The van der Waals surface area contributed by atoms with Crippen molar-refractivity contribution >= 4 is 13.8 Å². The van der Waals surface area contributed by atoms with Crippen molar-refractivity contribution in [1.29, 1.82) is 0 Å². The maximum absolute atomic E-state index is 11.2. The van der Waals surface area contributed by atoms with E-state index in [1.165, 1.54) is 6.92 Å². The number of rotatable bonds is 6. The summed E-state index contributed by atoms with van der Waals surface area (Å²) in [6, 6.07) is 9.36. The number of hydrogen-bond donors (Lipinski definition) is 0. The van der Waals surface area contributed by atoms with Gasteiger partial charge in [-0.1, -0.05) is 44.2 Å². The molecule has 2 rings (SSSR count). The zero-order valence-electron chi connectivity index (χ0n) is 13.5. The second-order valence-electron chi connectivity index (χ2n) is 5.84. The molecule has 0 unspecified atom stereocenters. The van der Waals surface area contributed by atoms with Crippen LogP contribution in [0.1, 0.15) is 32.8 Å². The van der Waals surface area contributed by atoms with Crippen LogP contribution in [0.5, 0.6) is 0 Å². The molecule has 1 aliphatic heterocycles. The number of carbonyl (C=O) groups excluding carboxylic acids is 1. The van der Waals surface area contributed by atoms with Gasteiger partial charge < -0.3 is 14.2 Å². The molecule has 0 aliphatic carbocycles. The molecule has 4 atom stereocenters. The first-order valence-corrected chi connectivity index (χ1v) is 7.71. The predicted molar refractivity (Wildman–Crippen MR) is 84.5 cm³/mol. The van der Waals surface area contributed by atoms with E-state index in [1.54, 1.807) is 0 Å². The predicted octanol–water partition coefficient (Wildman–Crippen LogP) is 2.44. The van der Waals surface area contributed by atoms with E-state index in [-0.39, 0.29) is 11.9 Å². The zero-order valence-corrected chi connectivity index (χ0v) is 13.5. The van der Waals surface area contributed by atoms with Gasteiger partial charge in [-0.15, -0.1) is 0 Å². The molecular weight excluding hydrogens is 279 g/mol. The van der Waals surface area contributed by atoms with E-state index in [9.17, 15) is 4.79 Å². The lowest BCUT2D eigenvalue weighted by molar-refractivity contribution is -0.148. The molecule has 0 aromatic heterocycles. The Labute approximate surface area is 133 Å². The summed E-state index contributed by atoms with van der Waals surface area (Å²) < 4.78 is 17.1. The van der Waals surface area contributed by atoms with Crippen LogP contribution in [0.25, 0.3) is 0 Å². The van der Waals surface area contributed by atoms with Gasteiger partial charge in [-0.25, -0.2) is 0 Å². The van der Waals surface area contributed by atoms with Crippen molar-refractivity contribution in [2.45, 2.75) is 51.5 Å². The van der Waals surface area contributed by atoms with E-state index in [4.69, 9.17) is 22.1 Å². The molecule has 0 N–H and O–H groups in total.